The van der Waals surface area contributed by atoms with Crippen LogP contribution in [0.15, 0.2) is 18.2 Å². The molecule has 1 aromatic carbocycles. The van der Waals surface area contributed by atoms with Crippen molar-refractivity contribution in [3.05, 3.63) is 23.8 Å². The van der Waals surface area contributed by atoms with E-state index in [2.05, 4.69) is 6.07 Å². The van der Waals surface area contributed by atoms with Crippen molar-refractivity contribution in [2.45, 2.75) is 6.42 Å². The first-order valence-electron chi connectivity index (χ1n) is 5.77. The van der Waals surface area contributed by atoms with Crippen molar-refractivity contribution in [2.75, 3.05) is 35.2 Å². The molecule has 1 heterocycles. The number of rotatable bonds is 1. The largest absolute Gasteiger partial charge is 0.397 e. The quantitative estimate of drug-likeness (QED) is 0.758. The van der Waals surface area contributed by atoms with Crippen LogP contribution in [0, 0.1) is 11.3 Å². The lowest BCUT2D eigenvalue weighted by Gasteiger charge is -2.23. The molecule has 1 aliphatic heterocycles. The van der Waals surface area contributed by atoms with Gasteiger partial charge in [0, 0.05) is 13.1 Å². The molecule has 0 amide bonds. The number of nitrogens with two attached hydrogens (primary N) is 1. The van der Waals surface area contributed by atoms with E-state index in [1.54, 1.807) is 18.2 Å². The monoisotopic (exact) mass is 265 g/mol. The van der Waals surface area contributed by atoms with Crippen LogP contribution in [-0.2, 0) is 9.84 Å². The third-order valence-corrected chi connectivity index (χ3v) is 4.77. The lowest BCUT2D eigenvalue weighted by Crippen LogP contribution is -2.27. The number of benzene rings is 1. The van der Waals surface area contributed by atoms with E-state index >= 15 is 0 Å². The molecule has 2 rings (SSSR count). The average Bonchev–Trinajstić information content (AvgIpc) is 2.51. The number of hydrogen-bond donors (Lipinski definition) is 1. The maximum Gasteiger partial charge on any atom is 0.152 e. The molecule has 96 valence electrons. The SMILES string of the molecule is N#Cc1ccc(N)c(N2CCCS(=O)(=O)CC2)c1. The standard InChI is InChI=1S/C12H15N3O2S/c13-9-10-2-3-11(14)12(8-10)15-4-1-6-18(16,17)7-5-15/h2-3,8H,1,4-7,14H2. The number of sulfone groups is 1. The van der Waals surface area contributed by atoms with Crippen LogP contribution in [-0.4, -0.2) is 33.0 Å². The van der Waals surface area contributed by atoms with Crippen molar-refractivity contribution in [3.8, 4) is 6.07 Å². The van der Waals surface area contributed by atoms with E-state index in [4.69, 9.17) is 11.0 Å². The van der Waals surface area contributed by atoms with E-state index in [1.807, 2.05) is 4.90 Å². The fourth-order valence-corrected chi connectivity index (χ4v) is 3.34. The maximum absolute atomic E-state index is 11.5. The van der Waals surface area contributed by atoms with Crippen LogP contribution in [0.1, 0.15) is 12.0 Å². The Bertz CT molecular complexity index is 590. The summed E-state index contributed by atoms with van der Waals surface area (Å²) in [6.45, 7) is 1.08. The summed E-state index contributed by atoms with van der Waals surface area (Å²) in [7, 11) is -2.94. The predicted molar refractivity (Wildman–Crippen MR) is 71.1 cm³/mol. The van der Waals surface area contributed by atoms with Gasteiger partial charge in [0.1, 0.15) is 0 Å². The highest BCUT2D eigenvalue weighted by atomic mass is 32.2. The Labute approximate surface area is 107 Å². The Balaban J connectivity index is 2.29. The summed E-state index contributed by atoms with van der Waals surface area (Å²) in [5.41, 5.74) is 7.76. The van der Waals surface area contributed by atoms with Crippen LogP contribution in [0.2, 0.25) is 0 Å². The molecule has 0 aromatic heterocycles. The van der Waals surface area contributed by atoms with Gasteiger partial charge in [-0.05, 0) is 24.6 Å². The van der Waals surface area contributed by atoms with Crippen molar-refractivity contribution in [1.82, 2.24) is 0 Å². The number of nitriles is 1. The van der Waals surface area contributed by atoms with Gasteiger partial charge in [0.05, 0.1) is 34.5 Å². The van der Waals surface area contributed by atoms with Gasteiger partial charge in [-0.2, -0.15) is 5.26 Å². The molecule has 1 aromatic rings. The van der Waals surface area contributed by atoms with E-state index in [0.717, 1.165) is 5.69 Å². The van der Waals surface area contributed by atoms with Crippen LogP contribution >= 0.6 is 0 Å². The van der Waals surface area contributed by atoms with Gasteiger partial charge < -0.3 is 10.6 Å². The molecule has 1 aliphatic rings. The zero-order valence-electron chi connectivity index (χ0n) is 9.96. The molecule has 5 nitrogen and oxygen atoms in total. The molecule has 6 heteroatoms. The highest BCUT2D eigenvalue weighted by molar-refractivity contribution is 7.91. The molecule has 0 saturated carbocycles. The second-order valence-corrected chi connectivity index (χ2v) is 6.68. The molecule has 1 saturated heterocycles. The molecule has 0 radical (unpaired) electrons. The number of hydrogen-bond acceptors (Lipinski definition) is 5. The smallest absolute Gasteiger partial charge is 0.152 e. The van der Waals surface area contributed by atoms with E-state index in [9.17, 15) is 8.42 Å². The van der Waals surface area contributed by atoms with Crippen LogP contribution in [0.5, 0.6) is 0 Å². The number of nitrogens with zero attached hydrogens (tertiary/aromatic N) is 2. The van der Waals surface area contributed by atoms with Gasteiger partial charge >= 0.3 is 0 Å². The first-order valence-corrected chi connectivity index (χ1v) is 7.59. The molecule has 0 unspecified atom stereocenters. The van der Waals surface area contributed by atoms with E-state index in [1.165, 1.54) is 0 Å². The lowest BCUT2D eigenvalue weighted by molar-refractivity contribution is 0.597. The van der Waals surface area contributed by atoms with Crippen molar-refractivity contribution in [3.63, 3.8) is 0 Å². The fraction of sp³-hybridized carbons (Fsp3) is 0.417. The van der Waals surface area contributed by atoms with Gasteiger partial charge in [0.2, 0.25) is 0 Å². The fourth-order valence-electron chi connectivity index (χ4n) is 2.07. The molecule has 2 N–H and O–H groups in total. The highest BCUT2D eigenvalue weighted by Gasteiger charge is 2.20. The highest BCUT2D eigenvalue weighted by Crippen LogP contribution is 2.25. The van der Waals surface area contributed by atoms with Crippen LogP contribution in [0.3, 0.4) is 0 Å². The molecule has 0 bridgehead atoms. The lowest BCUT2D eigenvalue weighted by atomic mass is 10.1. The Morgan fingerprint density at radius 1 is 1.28 bits per heavy atom. The zero-order chi connectivity index (χ0) is 13.2. The van der Waals surface area contributed by atoms with Crippen LogP contribution < -0.4 is 10.6 Å². The van der Waals surface area contributed by atoms with Crippen molar-refractivity contribution >= 4 is 21.2 Å². The number of anilines is 2. The average molecular weight is 265 g/mol. The molecular weight excluding hydrogens is 250 g/mol. The van der Waals surface area contributed by atoms with Gasteiger partial charge in [0.15, 0.2) is 9.84 Å². The van der Waals surface area contributed by atoms with E-state index in [-0.39, 0.29) is 11.5 Å². The first-order chi connectivity index (χ1) is 8.52. The maximum atomic E-state index is 11.5. The minimum atomic E-state index is -2.94. The molecule has 0 spiro atoms. The molecule has 0 atom stereocenters. The summed E-state index contributed by atoms with van der Waals surface area (Å²) in [4.78, 5) is 1.95. The summed E-state index contributed by atoms with van der Waals surface area (Å²) >= 11 is 0. The summed E-state index contributed by atoms with van der Waals surface area (Å²) in [6, 6.07) is 7.13. The Morgan fingerprint density at radius 3 is 2.78 bits per heavy atom. The van der Waals surface area contributed by atoms with E-state index < -0.39 is 9.84 Å². The van der Waals surface area contributed by atoms with Gasteiger partial charge in [-0.1, -0.05) is 0 Å². The van der Waals surface area contributed by atoms with Crippen LogP contribution in [0.4, 0.5) is 11.4 Å². The van der Waals surface area contributed by atoms with Crippen molar-refractivity contribution in [1.29, 1.82) is 5.26 Å². The van der Waals surface area contributed by atoms with Gasteiger partial charge in [-0.15, -0.1) is 0 Å². The van der Waals surface area contributed by atoms with Gasteiger partial charge in [0.25, 0.3) is 0 Å². The van der Waals surface area contributed by atoms with Gasteiger partial charge in [-0.3, -0.25) is 0 Å². The second-order valence-electron chi connectivity index (χ2n) is 4.38. The predicted octanol–water partition coefficient (Wildman–Crippen LogP) is 0.765. The Hall–Kier alpha value is -1.74. The van der Waals surface area contributed by atoms with Gasteiger partial charge in [-0.25, -0.2) is 8.42 Å². The van der Waals surface area contributed by atoms with E-state index in [0.29, 0.717) is 30.8 Å². The molecular formula is C12H15N3O2S. The Kier molecular flexibility index (Phi) is 3.43. The van der Waals surface area contributed by atoms with Crippen LogP contribution in [0.25, 0.3) is 0 Å². The molecule has 1 fully saturated rings. The minimum absolute atomic E-state index is 0.142. The third kappa shape index (κ3) is 2.74. The first kappa shape index (κ1) is 12.7. The van der Waals surface area contributed by atoms with Crippen molar-refractivity contribution < 1.29 is 8.42 Å². The second kappa shape index (κ2) is 4.86. The normalized spacial score (nSPS) is 18.9. The summed E-state index contributed by atoms with van der Waals surface area (Å²) in [5.74, 6) is 0.366. The topological polar surface area (TPSA) is 87.2 Å². The third-order valence-electron chi connectivity index (χ3n) is 3.06. The summed E-state index contributed by atoms with van der Waals surface area (Å²) in [6.07, 6.45) is 0.596. The number of nitrogen functional groups attached to an aromatic ring is 1. The molecule has 0 aliphatic carbocycles. The Morgan fingerprint density at radius 2 is 2.06 bits per heavy atom. The summed E-state index contributed by atoms with van der Waals surface area (Å²) < 4.78 is 23.1. The van der Waals surface area contributed by atoms with Crippen molar-refractivity contribution in [2.24, 2.45) is 0 Å². The minimum Gasteiger partial charge on any atom is -0.397 e. The zero-order valence-corrected chi connectivity index (χ0v) is 10.8. The summed E-state index contributed by atoms with van der Waals surface area (Å²) in [5, 5.41) is 8.88. The molecule has 18 heavy (non-hydrogen) atoms.